The molecule has 0 radical (unpaired) electrons. The van der Waals surface area contributed by atoms with Gasteiger partial charge in [0.15, 0.2) is 11.0 Å². The van der Waals surface area contributed by atoms with E-state index in [1.165, 1.54) is 51.9 Å². The monoisotopic (exact) mass is 608 g/mol. The van der Waals surface area contributed by atoms with E-state index in [0.29, 0.717) is 29.6 Å². The summed E-state index contributed by atoms with van der Waals surface area (Å²) in [5.74, 6) is 0.209. The normalized spacial score (nSPS) is 14.4. The van der Waals surface area contributed by atoms with Gasteiger partial charge in [-0.25, -0.2) is 14.5 Å². The van der Waals surface area contributed by atoms with Crippen LogP contribution < -0.4 is 15.0 Å². The number of carbonyl (C=O) groups excluding carboxylic acids is 2. The average Bonchev–Trinajstić information content (AvgIpc) is 3.60. The van der Waals surface area contributed by atoms with E-state index in [4.69, 9.17) is 0 Å². The molecule has 222 valence electrons. The van der Waals surface area contributed by atoms with Gasteiger partial charge in [0, 0.05) is 12.1 Å². The summed E-state index contributed by atoms with van der Waals surface area (Å²) in [6, 6.07) is 18.2. The number of ether oxygens (including phenoxy) is 1. The maximum Gasteiger partial charge on any atom is 0.573 e. The molecule has 5 rings (SSSR count). The van der Waals surface area contributed by atoms with Gasteiger partial charge in [-0.2, -0.15) is 4.99 Å². The number of rotatable bonds is 8. The Kier molecular flexibility index (Phi) is 8.81. The fourth-order valence-corrected chi connectivity index (χ4v) is 5.35. The number of amides is 3. The number of aromatic nitrogens is 3. The maximum absolute atomic E-state index is 12.7. The molecule has 1 aliphatic heterocycles. The number of halogens is 3. The van der Waals surface area contributed by atoms with Crippen molar-refractivity contribution in [3.05, 3.63) is 89.7 Å². The number of carbonyl (C=O) groups is 2. The lowest BCUT2D eigenvalue weighted by Crippen LogP contribution is -2.32. The topological polar surface area (TPSA) is 102 Å². The van der Waals surface area contributed by atoms with Gasteiger partial charge >= 0.3 is 12.4 Å². The van der Waals surface area contributed by atoms with Crippen LogP contribution in [0.2, 0.25) is 0 Å². The quantitative estimate of drug-likeness (QED) is 0.260. The summed E-state index contributed by atoms with van der Waals surface area (Å²) in [6.45, 7) is 4.28. The summed E-state index contributed by atoms with van der Waals surface area (Å²) < 4.78 is 42.6. The predicted molar refractivity (Wildman–Crippen MR) is 159 cm³/mol. The number of nitrogens with zero attached hydrogens (tertiary/aromatic N) is 5. The number of urea groups is 1. The highest BCUT2D eigenvalue weighted by atomic mass is 32.2. The van der Waals surface area contributed by atoms with Crippen LogP contribution in [0, 0.1) is 6.92 Å². The highest BCUT2D eigenvalue weighted by molar-refractivity contribution is 8.15. The van der Waals surface area contributed by atoms with Crippen molar-refractivity contribution in [1.82, 2.24) is 20.1 Å². The van der Waals surface area contributed by atoms with Gasteiger partial charge in [0.25, 0.3) is 0 Å². The number of thioether (sulfide) groups is 1. The van der Waals surface area contributed by atoms with Gasteiger partial charge in [0.1, 0.15) is 12.1 Å². The second-order valence-electron chi connectivity index (χ2n) is 9.63. The molecular weight excluding hydrogens is 581 g/mol. The number of benzene rings is 3. The maximum atomic E-state index is 12.7. The summed E-state index contributed by atoms with van der Waals surface area (Å²) >= 11 is 1.24. The third-order valence-corrected chi connectivity index (χ3v) is 7.45. The first-order chi connectivity index (χ1) is 20.6. The lowest BCUT2D eigenvalue weighted by molar-refractivity contribution is -0.274. The SMILES string of the molecule is CCc1ccc(C)cc1N1C(=O)CSC1=NC(=O)NCCc1cccc(-c2ncn(-c3ccc(OC(F)(F)F)cc3)n2)c1. The number of anilines is 1. The van der Waals surface area contributed by atoms with E-state index in [2.05, 4.69) is 25.1 Å². The van der Waals surface area contributed by atoms with Crippen molar-refractivity contribution in [3.8, 4) is 22.8 Å². The molecule has 0 atom stereocenters. The summed E-state index contributed by atoms with van der Waals surface area (Å²) in [5, 5.41) is 7.59. The molecular formula is C30H27F3N6O3S. The van der Waals surface area contributed by atoms with Gasteiger partial charge in [0.05, 0.1) is 17.1 Å². The van der Waals surface area contributed by atoms with Crippen molar-refractivity contribution in [2.45, 2.75) is 33.1 Å². The number of alkyl halides is 3. The number of amidine groups is 1. The molecule has 13 heteroatoms. The Bertz CT molecular complexity index is 1670. The molecule has 43 heavy (non-hydrogen) atoms. The smallest absolute Gasteiger partial charge is 0.406 e. The number of aryl methyl sites for hydroxylation is 2. The molecule has 9 nitrogen and oxygen atoms in total. The molecule has 1 saturated heterocycles. The van der Waals surface area contributed by atoms with Crippen molar-refractivity contribution < 1.29 is 27.5 Å². The first-order valence-electron chi connectivity index (χ1n) is 13.4. The minimum absolute atomic E-state index is 0.114. The van der Waals surface area contributed by atoms with Crippen LogP contribution in [-0.4, -0.2) is 50.5 Å². The van der Waals surface area contributed by atoms with E-state index >= 15 is 0 Å². The summed E-state index contributed by atoms with van der Waals surface area (Å²) in [4.78, 5) is 35.4. The molecule has 0 aliphatic carbocycles. The van der Waals surface area contributed by atoms with Crippen LogP contribution in [0.1, 0.15) is 23.6 Å². The van der Waals surface area contributed by atoms with Gasteiger partial charge in [-0.05, 0) is 72.9 Å². The van der Waals surface area contributed by atoms with Crippen molar-refractivity contribution in [2.24, 2.45) is 4.99 Å². The third kappa shape index (κ3) is 7.41. The van der Waals surface area contributed by atoms with Crippen LogP contribution in [0.5, 0.6) is 5.75 Å². The minimum atomic E-state index is -4.76. The number of nitrogens with one attached hydrogen (secondary N) is 1. The Labute approximate surface area is 249 Å². The first kappa shape index (κ1) is 29.8. The van der Waals surface area contributed by atoms with E-state index in [0.717, 1.165) is 34.4 Å². The Hall–Kier alpha value is -4.65. The van der Waals surface area contributed by atoms with Crippen molar-refractivity contribution in [3.63, 3.8) is 0 Å². The van der Waals surface area contributed by atoms with Gasteiger partial charge in [-0.3, -0.25) is 9.69 Å². The van der Waals surface area contributed by atoms with E-state index in [9.17, 15) is 22.8 Å². The molecule has 4 aromatic rings. The van der Waals surface area contributed by atoms with E-state index in [1.54, 1.807) is 0 Å². The Morgan fingerprint density at radius 3 is 2.65 bits per heavy atom. The van der Waals surface area contributed by atoms with Crippen LogP contribution in [0.4, 0.5) is 23.7 Å². The molecule has 3 aromatic carbocycles. The third-order valence-electron chi connectivity index (χ3n) is 6.53. The molecule has 0 spiro atoms. The molecule has 0 unspecified atom stereocenters. The molecule has 0 bridgehead atoms. The van der Waals surface area contributed by atoms with Crippen LogP contribution in [-0.2, 0) is 17.6 Å². The van der Waals surface area contributed by atoms with Gasteiger partial charge in [-0.1, -0.05) is 49.0 Å². The molecule has 1 aliphatic rings. The van der Waals surface area contributed by atoms with Gasteiger partial charge in [0.2, 0.25) is 5.91 Å². The fourth-order valence-electron chi connectivity index (χ4n) is 4.49. The Morgan fingerprint density at radius 2 is 1.91 bits per heavy atom. The molecule has 3 amide bonds. The largest absolute Gasteiger partial charge is 0.573 e. The standard InChI is InChI=1S/C30H27F3N6O3S/c1-3-21-8-7-19(2)15-25(21)39-26(40)17-43-29(39)36-28(41)34-14-13-20-5-4-6-22(16-20)27-35-18-38(37-27)23-9-11-24(12-10-23)42-30(31,32)33/h4-12,15-16,18H,3,13-14,17H2,1-2H3,(H,34,41). The Balaban J connectivity index is 1.20. The average molecular weight is 609 g/mol. The van der Waals surface area contributed by atoms with E-state index in [1.807, 2.05) is 56.3 Å². The van der Waals surface area contributed by atoms with Crippen molar-refractivity contribution >= 4 is 34.6 Å². The molecule has 1 fully saturated rings. The number of aliphatic imine (C=N–C) groups is 1. The van der Waals surface area contributed by atoms with Crippen LogP contribution in [0.3, 0.4) is 0 Å². The van der Waals surface area contributed by atoms with E-state index < -0.39 is 12.4 Å². The zero-order chi connectivity index (χ0) is 30.6. The van der Waals surface area contributed by atoms with Crippen LogP contribution >= 0.6 is 11.8 Å². The van der Waals surface area contributed by atoms with Crippen LogP contribution in [0.15, 0.2) is 78.0 Å². The lowest BCUT2D eigenvalue weighted by Gasteiger charge is -2.20. The zero-order valence-corrected chi connectivity index (χ0v) is 24.1. The molecule has 0 saturated carbocycles. The number of hydrogen-bond donors (Lipinski definition) is 1. The van der Waals surface area contributed by atoms with Crippen molar-refractivity contribution in [2.75, 3.05) is 17.2 Å². The second-order valence-corrected chi connectivity index (χ2v) is 10.6. The first-order valence-corrected chi connectivity index (χ1v) is 14.4. The predicted octanol–water partition coefficient (Wildman–Crippen LogP) is 6.09. The van der Waals surface area contributed by atoms with Crippen molar-refractivity contribution in [1.29, 1.82) is 0 Å². The summed E-state index contributed by atoms with van der Waals surface area (Å²) in [5.41, 5.74) is 4.95. The van der Waals surface area contributed by atoms with Gasteiger partial charge < -0.3 is 10.1 Å². The fraction of sp³-hybridized carbons (Fsp3) is 0.233. The summed E-state index contributed by atoms with van der Waals surface area (Å²) in [6.07, 6.45) is -2.04. The highest BCUT2D eigenvalue weighted by Crippen LogP contribution is 2.31. The molecule has 2 heterocycles. The zero-order valence-electron chi connectivity index (χ0n) is 23.3. The van der Waals surface area contributed by atoms with E-state index in [-0.39, 0.29) is 17.4 Å². The summed E-state index contributed by atoms with van der Waals surface area (Å²) in [7, 11) is 0. The van der Waals surface area contributed by atoms with Gasteiger partial charge in [-0.15, -0.1) is 18.3 Å². The van der Waals surface area contributed by atoms with Crippen LogP contribution in [0.25, 0.3) is 17.1 Å². The lowest BCUT2D eigenvalue weighted by atomic mass is 10.1. The Morgan fingerprint density at radius 1 is 1.12 bits per heavy atom. The highest BCUT2D eigenvalue weighted by Gasteiger charge is 2.32. The minimum Gasteiger partial charge on any atom is -0.406 e. The second kappa shape index (κ2) is 12.7. The molecule has 1 N–H and O–H groups in total. The molecule has 1 aromatic heterocycles. The number of hydrogen-bond acceptors (Lipinski definition) is 6.